The molecule has 0 amide bonds. The Hall–Kier alpha value is -1.71. The average Bonchev–Trinajstić information content (AvgIpc) is 2.90. The van der Waals surface area contributed by atoms with E-state index in [0.717, 1.165) is 11.3 Å². The van der Waals surface area contributed by atoms with E-state index in [9.17, 15) is 4.79 Å². The van der Waals surface area contributed by atoms with Crippen molar-refractivity contribution in [3.05, 3.63) is 70.1 Å². The molecule has 3 nitrogen and oxygen atoms in total. The molecule has 1 saturated carbocycles. The molecule has 1 aliphatic carbocycles. The Morgan fingerprint density at radius 2 is 1.96 bits per heavy atom. The lowest BCUT2D eigenvalue weighted by Crippen LogP contribution is -2.10. The number of esters is 1. The second-order valence-electron chi connectivity index (χ2n) is 6.97. The van der Waals surface area contributed by atoms with E-state index in [-0.39, 0.29) is 34.3 Å². The molecule has 0 N–H and O–H groups in total. The second-order valence-corrected chi connectivity index (χ2v) is 7.98. The highest BCUT2D eigenvalue weighted by Crippen LogP contribution is 2.60. The van der Waals surface area contributed by atoms with Gasteiger partial charge in [0.15, 0.2) is 0 Å². The average molecular weight is 379 g/mol. The van der Waals surface area contributed by atoms with Crippen LogP contribution >= 0.6 is 23.2 Å². The van der Waals surface area contributed by atoms with Gasteiger partial charge in [0.1, 0.15) is 16.9 Å². The number of benzene rings is 1. The van der Waals surface area contributed by atoms with Crippen molar-refractivity contribution in [3.63, 3.8) is 0 Å². The third-order valence-corrected chi connectivity index (χ3v) is 5.03. The lowest BCUT2D eigenvalue weighted by Gasteiger charge is -2.03. The lowest BCUT2D eigenvalue weighted by molar-refractivity contribution is -0.147. The number of hydrogen-bond acceptors (Lipinski definition) is 3. The van der Waals surface area contributed by atoms with Gasteiger partial charge in [-0.25, -0.2) is 0 Å². The minimum atomic E-state index is -0.230. The molecule has 2 aromatic rings. The van der Waals surface area contributed by atoms with E-state index in [1.165, 1.54) is 5.56 Å². The number of furan rings is 1. The zero-order valence-electron chi connectivity index (χ0n) is 14.2. The van der Waals surface area contributed by atoms with E-state index in [0.29, 0.717) is 6.42 Å². The number of ether oxygens (including phenoxy) is 1. The monoisotopic (exact) mass is 378 g/mol. The Kier molecular flexibility index (Phi) is 5.26. The van der Waals surface area contributed by atoms with E-state index in [2.05, 4.69) is 0 Å². The SMILES string of the molecule is CC1(C)[C@H](C=C(Cl)Cl)[C@H]1C(=O)OCc1coc(Cc2ccccc2)c1. The summed E-state index contributed by atoms with van der Waals surface area (Å²) in [5, 5.41) is 0. The molecule has 0 bridgehead atoms. The summed E-state index contributed by atoms with van der Waals surface area (Å²) in [6.45, 7) is 4.22. The maximum atomic E-state index is 12.3. The van der Waals surface area contributed by atoms with Crippen LogP contribution in [0.15, 0.2) is 57.6 Å². The molecule has 132 valence electrons. The molecule has 0 radical (unpaired) electrons. The molecule has 25 heavy (non-hydrogen) atoms. The standard InChI is InChI=1S/C20H20Cl2O3/c1-20(2)16(10-17(21)22)18(20)19(23)25-12-14-9-15(24-11-14)8-13-6-4-3-5-7-13/h3-7,9-11,16,18H,8,12H2,1-2H3/t16-,18+/m1/s1. The van der Waals surface area contributed by atoms with Crippen LogP contribution in [0.25, 0.3) is 0 Å². The molecule has 1 heterocycles. The zero-order chi connectivity index (χ0) is 18.0. The number of rotatable bonds is 6. The molecule has 3 rings (SSSR count). The minimum absolute atomic E-state index is 0.0167. The van der Waals surface area contributed by atoms with Crippen LogP contribution in [0, 0.1) is 17.3 Å². The Labute approximate surface area is 157 Å². The smallest absolute Gasteiger partial charge is 0.310 e. The third-order valence-electron chi connectivity index (χ3n) is 4.78. The topological polar surface area (TPSA) is 39.4 Å². The zero-order valence-corrected chi connectivity index (χ0v) is 15.7. The van der Waals surface area contributed by atoms with Gasteiger partial charge in [-0.1, -0.05) is 67.4 Å². The highest BCUT2D eigenvalue weighted by molar-refractivity contribution is 6.55. The van der Waals surface area contributed by atoms with Gasteiger partial charge in [-0.2, -0.15) is 0 Å². The highest BCUT2D eigenvalue weighted by Gasteiger charge is 2.61. The summed E-state index contributed by atoms with van der Waals surface area (Å²) in [4.78, 5) is 12.3. The molecule has 1 fully saturated rings. The molecule has 1 aromatic heterocycles. The molecule has 1 aromatic carbocycles. The molecule has 1 aliphatic rings. The van der Waals surface area contributed by atoms with Crippen molar-refractivity contribution < 1.29 is 13.9 Å². The van der Waals surface area contributed by atoms with Crippen LogP contribution in [0.2, 0.25) is 0 Å². The number of halogens is 2. The summed E-state index contributed by atoms with van der Waals surface area (Å²) in [6.07, 6.45) is 4.06. The van der Waals surface area contributed by atoms with Crippen molar-refractivity contribution in [2.45, 2.75) is 26.9 Å². The van der Waals surface area contributed by atoms with Gasteiger partial charge in [0.25, 0.3) is 0 Å². The van der Waals surface area contributed by atoms with E-state index in [4.69, 9.17) is 32.4 Å². The molecule has 5 heteroatoms. The van der Waals surface area contributed by atoms with Crippen LogP contribution in [0.4, 0.5) is 0 Å². The number of carbonyl (C=O) groups is 1. The van der Waals surface area contributed by atoms with Gasteiger partial charge < -0.3 is 9.15 Å². The van der Waals surface area contributed by atoms with Crippen molar-refractivity contribution in [2.24, 2.45) is 17.3 Å². The molecule has 0 saturated heterocycles. The number of allylic oxidation sites excluding steroid dienone is 1. The fourth-order valence-electron chi connectivity index (χ4n) is 3.21. The van der Waals surface area contributed by atoms with Crippen molar-refractivity contribution in [1.29, 1.82) is 0 Å². The molecule has 0 spiro atoms. The Bertz CT molecular complexity index is 773. The maximum absolute atomic E-state index is 12.3. The van der Waals surface area contributed by atoms with Crippen molar-refractivity contribution in [2.75, 3.05) is 0 Å². The summed E-state index contributed by atoms with van der Waals surface area (Å²) in [6, 6.07) is 12.0. The quantitative estimate of drug-likeness (QED) is 0.622. The predicted octanol–water partition coefficient (Wildman–Crippen LogP) is 5.50. The van der Waals surface area contributed by atoms with Crippen molar-refractivity contribution >= 4 is 29.2 Å². The van der Waals surface area contributed by atoms with Gasteiger partial charge in [0.05, 0.1) is 12.2 Å². The van der Waals surface area contributed by atoms with Gasteiger partial charge in [0, 0.05) is 12.0 Å². The summed E-state index contributed by atoms with van der Waals surface area (Å²) in [5.74, 6) is 0.420. The van der Waals surface area contributed by atoms with Crippen LogP contribution in [0.5, 0.6) is 0 Å². The summed E-state index contributed by atoms with van der Waals surface area (Å²) >= 11 is 11.4. The molecule has 2 atom stereocenters. The lowest BCUT2D eigenvalue weighted by atomic mass is 10.1. The van der Waals surface area contributed by atoms with Crippen molar-refractivity contribution in [3.8, 4) is 0 Å². The van der Waals surface area contributed by atoms with Crippen LogP contribution in [-0.4, -0.2) is 5.97 Å². The fraction of sp³-hybridized carbons (Fsp3) is 0.350. The van der Waals surface area contributed by atoms with Gasteiger partial charge in [-0.05, 0) is 29.0 Å². The second kappa shape index (κ2) is 7.27. The van der Waals surface area contributed by atoms with E-state index < -0.39 is 0 Å². The van der Waals surface area contributed by atoms with Gasteiger partial charge in [-0.3, -0.25) is 4.79 Å². The van der Waals surface area contributed by atoms with E-state index in [1.807, 2.05) is 50.2 Å². The van der Waals surface area contributed by atoms with E-state index >= 15 is 0 Å². The Morgan fingerprint density at radius 3 is 2.64 bits per heavy atom. The van der Waals surface area contributed by atoms with Crippen LogP contribution < -0.4 is 0 Å². The van der Waals surface area contributed by atoms with Crippen LogP contribution in [-0.2, 0) is 22.6 Å². The first-order valence-electron chi connectivity index (χ1n) is 8.17. The van der Waals surface area contributed by atoms with Crippen LogP contribution in [0.1, 0.15) is 30.7 Å². The number of carbonyl (C=O) groups excluding carboxylic acids is 1. The first kappa shape index (κ1) is 18.1. The summed E-state index contributed by atoms with van der Waals surface area (Å²) < 4.78 is 11.2. The largest absolute Gasteiger partial charge is 0.469 e. The molecule has 0 unspecified atom stereocenters. The Balaban J connectivity index is 1.54. The Morgan fingerprint density at radius 1 is 1.24 bits per heavy atom. The summed E-state index contributed by atoms with van der Waals surface area (Å²) in [7, 11) is 0. The van der Waals surface area contributed by atoms with Gasteiger partial charge >= 0.3 is 5.97 Å². The fourth-order valence-corrected chi connectivity index (χ4v) is 3.48. The maximum Gasteiger partial charge on any atom is 0.310 e. The van der Waals surface area contributed by atoms with Crippen molar-refractivity contribution in [1.82, 2.24) is 0 Å². The highest BCUT2D eigenvalue weighted by atomic mass is 35.5. The van der Waals surface area contributed by atoms with Crippen LogP contribution in [0.3, 0.4) is 0 Å². The molecular formula is C20H20Cl2O3. The first-order valence-corrected chi connectivity index (χ1v) is 8.93. The van der Waals surface area contributed by atoms with Gasteiger partial charge in [-0.15, -0.1) is 0 Å². The summed E-state index contributed by atoms with van der Waals surface area (Å²) in [5.41, 5.74) is 1.84. The van der Waals surface area contributed by atoms with Gasteiger partial charge in [0.2, 0.25) is 0 Å². The minimum Gasteiger partial charge on any atom is -0.469 e. The third kappa shape index (κ3) is 4.28. The molecule has 0 aliphatic heterocycles. The molecular weight excluding hydrogens is 359 g/mol. The number of hydrogen-bond donors (Lipinski definition) is 0. The first-order chi connectivity index (χ1) is 11.9. The normalized spacial score (nSPS) is 20.8. The predicted molar refractivity (Wildman–Crippen MR) is 98.3 cm³/mol. The van der Waals surface area contributed by atoms with E-state index in [1.54, 1.807) is 12.3 Å².